The van der Waals surface area contributed by atoms with Crippen molar-refractivity contribution in [2.45, 2.75) is 26.2 Å². The summed E-state index contributed by atoms with van der Waals surface area (Å²) in [5.41, 5.74) is 2.13. The summed E-state index contributed by atoms with van der Waals surface area (Å²) in [6.07, 6.45) is 5.09. The number of likely N-dealkylation sites (tertiary alicyclic amines) is 1. The number of hydrogen-bond donors (Lipinski definition) is 2. The number of nitrogens with zero attached hydrogens (tertiary/aromatic N) is 2. The summed E-state index contributed by atoms with van der Waals surface area (Å²) in [7, 11) is 0. The Morgan fingerprint density at radius 1 is 1.61 bits per heavy atom. The van der Waals surface area contributed by atoms with E-state index in [0.29, 0.717) is 4.88 Å². The lowest BCUT2D eigenvalue weighted by Gasteiger charge is -2.29. The van der Waals surface area contributed by atoms with Gasteiger partial charge in [0.25, 0.3) is 5.91 Å². The fourth-order valence-corrected chi connectivity index (χ4v) is 2.95. The SMILES string of the molecule is CC1CCN(CCc2ncc(C(=O)NN)s2)CC1. The van der Waals surface area contributed by atoms with Crippen LogP contribution in [0.3, 0.4) is 0 Å². The second-order valence-electron chi connectivity index (χ2n) is 4.87. The van der Waals surface area contributed by atoms with Crippen LogP contribution in [0.15, 0.2) is 6.20 Å². The third-order valence-electron chi connectivity index (χ3n) is 3.43. The molecule has 1 fully saturated rings. The Balaban J connectivity index is 1.79. The van der Waals surface area contributed by atoms with Gasteiger partial charge in [0.05, 0.1) is 11.2 Å². The topological polar surface area (TPSA) is 71.2 Å². The molecule has 2 heterocycles. The number of rotatable bonds is 4. The number of hydrogen-bond acceptors (Lipinski definition) is 5. The lowest BCUT2D eigenvalue weighted by Crippen LogP contribution is -2.34. The van der Waals surface area contributed by atoms with Crippen LogP contribution in [-0.4, -0.2) is 35.4 Å². The van der Waals surface area contributed by atoms with Gasteiger partial charge in [-0.2, -0.15) is 0 Å². The molecule has 6 heteroatoms. The van der Waals surface area contributed by atoms with E-state index in [1.807, 2.05) is 0 Å². The quantitative estimate of drug-likeness (QED) is 0.486. The molecule has 2 rings (SSSR count). The van der Waals surface area contributed by atoms with Crippen molar-refractivity contribution in [2.24, 2.45) is 11.8 Å². The highest BCUT2D eigenvalue weighted by molar-refractivity contribution is 7.13. The highest BCUT2D eigenvalue weighted by atomic mass is 32.1. The summed E-state index contributed by atoms with van der Waals surface area (Å²) in [5, 5.41) is 1.01. The van der Waals surface area contributed by atoms with Crippen molar-refractivity contribution in [1.82, 2.24) is 15.3 Å². The first-order chi connectivity index (χ1) is 8.69. The third kappa shape index (κ3) is 3.51. The summed E-state index contributed by atoms with van der Waals surface area (Å²) in [4.78, 5) is 18.6. The Morgan fingerprint density at radius 3 is 3.00 bits per heavy atom. The van der Waals surface area contributed by atoms with Crippen LogP contribution >= 0.6 is 11.3 Å². The van der Waals surface area contributed by atoms with Crippen LogP contribution < -0.4 is 11.3 Å². The van der Waals surface area contributed by atoms with Gasteiger partial charge in [0.2, 0.25) is 0 Å². The van der Waals surface area contributed by atoms with Gasteiger partial charge in [-0.25, -0.2) is 10.8 Å². The van der Waals surface area contributed by atoms with Crippen molar-refractivity contribution < 1.29 is 4.79 Å². The normalized spacial score (nSPS) is 17.9. The van der Waals surface area contributed by atoms with Gasteiger partial charge in [-0.1, -0.05) is 6.92 Å². The van der Waals surface area contributed by atoms with Gasteiger partial charge in [-0.05, 0) is 31.8 Å². The third-order valence-corrected chi connectivity index (χ3v) is 4.48. The molecule has 3 N–H and O–H groups in total. The number of nitrogens with two attached hydrogens (primary N) is 1. The van der Waals surface area contributed by atoms with Crippen LogP contribution in [0.5, 0.6) is 0 Å². The molecule has 1 aromatic heterocycles. The van der Waals surface area contributed by atoms with E-state index in [9.17, 15) is 4.79 Å². The van der Waals surface area contributed by atoms with E-state index in [4.69, 9.17) is 5.84 Å². The molecule has 0 spiro atoms. The molecule has 0 radical (unpaired) electrons. The minimum absolute atomic E-state index is 0.259. The fourth-order valence-electron chi connectivity index (χ4n) is 2.14. The van der Waals surface area contributed by atoms with Crippen LogP contribution in [0.2, 0.25) is 0 Å². The van der Waals surface area contributed by atoms with Gasteiger partial charge in [0.15, 0.2) is 0 Å². The van der Waals surface area contributed by atoms with Gasteiger partial charge in [0.1, 0.15) is 4.88 Å². The Morgan fingerprint density at radius 2 is 2.33 bits per heavy atom. The van der Waals surface area contributed by atoms with Gasteiger partial charge < -0.3 is 4.90 Å². The number of carbonyl (C=O) groups is 1. The summed E-state index contributed by atoms with van der Waals surface area (Å²) >= 11 is 1.42. The molecule has 18 heavy (non-hydrogen) atoms. The maximum atomic E-state index is 11.3. The minimum Gasteiger partial charge on any atom is -0.303 e. The lowest BCUT2D eigenvalue weighted by molar-refractivity contribution is 0.0957. The van der Waals surface area contributed by atoms with E-state index in [1.165, 1.54) is 37.3 Å². The molecule has 0 aliphatic carbocycles. The predicted molar refractivity (Wildman–Crippen MR) is 72.3 cm³/mol. The number of aromatic nitrogens is 1. The average Bonchev–Trinajstić information content (AvgIpc) is 2.86. The first-order valence-electron chi connectivity index (χ1n) is 6.37. The molecule has 1 saturated heterocycles. The molecular weight excluding hydrogens is 248 g/mol. The largest absolute Gasteiger partial charge is 0.303 e. The number of nitrogen functional groups attached to an aromatic ring is 1. The van der Waals surface area contributed by atoms with Crippen LogP contribution in [0, 0.1) is 5.92 Å². The van der Waals surface area contributed by atoms with Gasteiger partial charge in [-0.3, -0.25) is 10.2 Å². The second-order valence-corrected chi connectivity index (χ2v) is 5.98. The molecule has 1 aliphatic rings. The Bertz CT molecular complexity index is 399. The fraction of sp³-hybridized carbons (Fsp3) is 0.667. The second kappa shape index (κ2) is 6.26. The summed E-state index contributed by atoms with van der Waals surface area (Å²) < 4.78 is 0. The molecule has 100 valence electrons. The standard InChI is InChI=1S/C12H20N4OS/c1-9-2-5-16(6-3-9)7-4-11-14-8-10(18-11)12(17)15-13/h8-9H,2-7,13H2,1H3,(H,15,17). The number of hydrazine groups is 1. The van der Waals surface area contributed by atoms with Crippen LogP contribution in [0.25, 0.3) is 0 Å². The number of carbonyl (C=O) groups excluding carboxylic acids is 1. The Labute approximate surface area is 111 Å². The van der Waals surface area contributed by atoms with Gasteiger partial charge in [-0.15, -0.1) is 11.3 Å². The van der Waals surface area contributed by atoms with E-state index in [0.717, 1.165) is 23.9 Å². The van der Waals surface area contributed by atoms with E-state index in [2.05, 4.69) is 22.2 Å². The maximum absolute atomic E-state index is 11.3. The van der Waals surface area contributed by atoms with Gasteiger partial charge >= 0.3 is 0 Å². The van der Waals surface area contributed by atoms with Crippen molar-refractivity contribution in [3.63, 3.8) is 0 Å². The van der Waals surface area contributed by atoms with E-state index in [-0.39, 0.29) is 5.91 Å². The smallest absolute Gasteiger partial charge is 0.276 e. The number of amides is 1. The summed E-state index contributed by atoms with van der Waals surface area (Å²) in [5.74, 6) is 5.69. The van der Waals surface area contributed by atoms with Crippen molar-refractivity contribution >= 4 is 17.2 Å². The molecule has 1 aliphatic heterocycles. The number of piperidine rings is 1. The van der Waals surface area contributed by atoms with E-state index in [1.54, 1.807) is 6.20 Å². The Kier molecular flexibility index (Phi) is 4.68. The van der Waals surface area contributed by atoms with Crippen LogP contribution in [0.1, 0.15) is 34.4 Å². The molecule has 1 amide bonds. The Hall–Kier alpha value is -0.980. The monoisotopic (exact) mass is 268 g/mol. The molecule has 1 aromatic rings. The highest BCUT2D eigenvalue weighted by Crippen LogP contribution is 2.18. The van der Waals surface area contributed by atoms with Crippen molar-refractivity contribution in [1.29, 1.82) is 0 Å². The highest BCUT2D eigenvalue weighted by Gasteiger charge is 2.16. The van der Waals surface area contributed by atoms with E-state index >= 15 is 0 Å². The summed E-state index contributed by atoms with van der Waals surface area (Å²) in [6.45, 7) is 5.71. The average molecular weight is 268 g/mol. The molecular formula is C12H20N4OS. The zero-order valence-corrected chi connectivity index (χ0v) is 11.5. The van der Waals surface area contributed by atoms with Crippen molar-refractivity contribution in [2.75, 3.05) is 19.6 Å². The first kappa shape index (κ1) is 13.5. The number of thiazole rings is 1. The molecule has 0 bridgehead atoms. The lowest BCUT2D eigenvalue weighted by atomic mass is 9.99. The summed E-state index contributed by atoms with van der Waals surface area (Å²) in [6, 6.07) is 0. The molecule has 0 aromatic carbocycles. The van der Waals surface area contributed by atoms with E-state index < -0.39 is 0 Å². The van der Waals surface area contributed by atoms with Crippen LogP contribution in [0.4, 0.5) is 0 Å². The van der Waals surface area contributed by atoms with Crippen LogP contribution in [-0.2, 0) is 6.42 Å². The zero-order valence-electron chi connectivity index (χ0n) is 10.7. The predicted octanol–water partition coefficient (Wildman–Crippen LogP) is 1.02. The molecule has 5 nitrogen and oxygen atoms in total. The number of nitrogens with one attached hydrogen (secondary N) is 1. The molecule has 0 saturated carbocycles. The van der Waals surface area contributed by atoms with Gasteiger partial charge in [0, 0.05) is 13.0 Å². The first-order valence-corrected chi connectivity index (χ1v) is 7.18. The zero-order chi connectivity index (χ0) is 13.0. The van der Waals surface area contributed by atoms with Crippen molar-refractivity contribution in [3.8, 4) is 0 Å². The molecule has 0 atom stereocenters. The molecule has 0 unspecified atom stereocenters. The minimum atomic E-state index is -0.259. The van der Waals surface area contributed by atoms with Crippen molar-refractivity contribution in [3.05, 3.63) is 16.1 Å². The maximum Gasteiger partial charge on any atom is 0.276 e.